The Bertz CT molecular complexity index is 946. The van der Waals surface area contributed by atoms with Gasteiger partial charge in [0.2, 0.25) is 11.8 Å². The summed E-state index contributed by atoms with van der Waals surface area (Å²) in [6.07, 6.45) is 11.6. The van der Waals surface area contributed by atoms with E-state index in [1.807, 2.05) is 21.7 Å². The average molecular weight is 439 g/mol. The summed E-state index contributed by atoms with van der Waals surface area (Å²) in [5.74, 6) is 2.50. The van der Waals surface area contributed by atoms with Crippen LogP contribution in [0.5, 0.6) is 0 Å². The number of thiophene rings is 1. The summed E-state index contributed by atoms with van der Waals surface area (Å²) in [5, 5.41) is 5.16. The van der Waals surface area contributed by atoms with Gasteiger partial charge in [0.1, 0.15) is 6.04 Å². The summed E-state index contributed by atoms with van der Waals surface area (Å²) in [5.41, 5.74) is 0.791. The van der Waals surface area contributed by atoms with Gasteiger partial charge in [-0.25, -0.2) is 4.98 Å². The molecule has 4 fully saturated rings. The van der Waals surface area contributed by atoms with Crippen LogP contribution in [-0.2, 0) is 22.6 Å². The lowest BCUT2D eigenvalue weighted by Crippen LogP contribution is -2.56. The maximum atomic E-state index is 13.9. The minimum absolute atomic E-state index is 0.0150. The molecular formula is C24H30N4O2S. The Morgan fingerprint density at radius 3 is 2.58 bits per heavy atom. The van der Waals surface area contributed by atoms with Crippen LogP contribution in [0.1, 0.15) is 55.1 Å². The van der Waals surface area contributed by atoms with Crippen LogP contribution in [0.25, 0.3) is 0 Å². The minimum Gasteiger partial charge on any atom is -0.354 e. The highest BCUT2D eigenvalue weighted by atomic mass is 32.1. The number of amides is 2. The van der Waals surface area contributed by atoms with Crippen LogP contribution in [0.3, 0.4) is 0 Å². The molecule has 164 valence electrons. The van der Waals surface area contributed by atoms with Crippen molar-refractivity contribution >= 4 is 23.2 Å². The molecule has 0 spiro atoms. The van der Waals surface area contributed by atoms with E-state index in [0.29, 0.717) is 25.5 Å². The van der Waals surface area contributed by atoms with Crippen LogP contribution >= 0.6 is 11.3 Å². The van der Waals surface area contributed by atoms with Crippen LogP contribution in [0.2, 0.25) is 0 Å². The zero-order valence-electron chi connectivity index (χ0n) is 17.8. The van der Waals surface area contributed by atoms with Crippen molar-refractivity contribution in [2.75, 3.05) is 13.1 Å². The zero-order valence-corrected chi connectivity index (χ0v) is 18.7. The summed E-state index contributed by atoms with van der Waals surface area (Å²) in [6, 6.07) is 3.74. The van der Waals surface area contributed by atoms with Crippen molar-refractivity contribution < 1.29 is 9.59 Å². The van der Waals surface area contributed by atoms with Gasteiger partial charge < -0.3 is 14.8 Å². The van der Waals surface area contributed by atoms with E-state index < -0.39 is 6.04 Å². The van der Waals surface area contributed by atoms with Gasteiger partial charge >= 0.3 is 0 Å². The van der Waals surface area contributed by atoms with Gasteiger partial charge in [-0.1, -0.05) is 6.07 Å². The Morgan fingerprint density at radius 2 is 1.90 bits per heavy atom. The first-order chi connectivity index (χ1) is 15.1. The molecule has 2 aromatic rings. The summed E-state index contributed by atoms with van der Waals surface area (Å²) < 4.78 is 1.96. The molecule has 3 heterocycles. The van der Waals surface area contributed by atoms with Gasteiger partial charge in [0.15, 0.2) is 0 Å². The molecule has 2 aromatic heterocycles. The van der Waals surface area contributed by atoms with Crippen molar-refractivity contribution in [2.24, 2.45) is 23.2 Å². The smallest absolute Gasteiger partial charge is 0.244 e. The van der Waals surface area contributed by atoms with Crippen molar-refractivity contribution in [2.45, 2.75) is 57.5 Å². The first-order valence-corrected chi connectivity index (χ1v) is 12.6. The van der Waals surface area contributed by atoms with Crippen LogP contribution < -0.4 is 5.32 Å². The second kappa shape index (κ2) is 7.47. The number of imidazole rings is 1. The lowest BCUT2D eigenvalue weighted by atomic mass is 9.49. The van der Waals surface area contributed by atoms with E-state index in [4.69, 9.17) is 0 Å². The molecule has 0 saturated heterocycles. The standard InChI is InChI=1S/C24H30N4O2S/c29-22(26-4-3-20-2-1-5-31-20)21-14-27(13-19-12-25-15-28(19)21)23(30)24-9-16-6-17(10-24)8-18(7-16)11-24/h1-2,5,12,15-18,21H,3-4,6-11,13-14H2,(H,26,29)/t16?,17?,18?,21-,24?/m1/s1. The molecule has 4 aliphatic carbocycles. The predicted octanol–water partition coefficient (Wildman–Crippen LogP) is 3.40. The molecule has 0 unspecified atom stereocenters. The highest BCUT2D eigenvalue weighted by molar-refractivity contribution is 7.09. The number of rotatable bonds is 5. The maximum Gasteiger partial charge on any atom is 0.244 e. The van der Waals surface area contributed by atoms with Gasteiger partial charge in [-0.3, -0.25) is 9.59 Å². The summed E-state index contributed by atoms with van der Waals surface area (Å²) in [7, 11) is 0. The second-order valence-corrected chi connectivity index (χ2v) is 11.3. The van der Waals surface area contributed by atoms with Crippen molar-refractivity contribution in [3.8, 4) is 0 Å². The topological polar surface area (TPSA) is 67.2 Å². The number of nitrogens with zero attached hydrogens (tertiary/aromatic N) is 3. The maximum absolute atomic E-state index is 13.9. The third-order valence-corrected chi connectivity index (χ3v) is 9.10. The average Bonchev–Trinajstić information content (AvgIpc) is 3.43. The molecular weight excluding hydrogens is 408 g/mol. The van der Waals surface area contributed by atoms with E-state index in [1.54, 1.807) is 17.7 Å². The molecule has 2 amide bonds. The highest BCUT2D eigenvalue weighted by Gasteiger charge is 2.56. The molecule has 6 nitrogen and oxygen atoms in total. The number of hydrogen-bond acceptors (Lipinski definition) is 4. The molecule has 0 radical (unpaired) electrons. The second-order valence-electron chi connectivity index (χ2n) is 10.3. The normalized spacial score (nSPS) is 33.4. The van der Waals surface area contributed by atoms with Crippen molar-refractivity contribution in [1.29, 1.82) is 0 Å². The van der Waals surface area contributed by atoms with E-state index in [2.05, 4.69) is 21.7 Å². The van der Waals surface area contributed by atoms with Gasteiger partial charge in [0.05, 0.1) is 30.5 Å². The molecule has 1 atom stereocenters. The van der Waals surface area contributed by atoms with Crippen molar-refractivity contribution in [3.05, 3.63) is 40.6 Å². The lowest BCUT2D eigenvalue weighted by Gasteiger charge is -2.57. The van der Waals surface area contributed by atoms with Crippen LogP contribution in [0, 0.1) is 23.2 Å². The minimum atomic E-state index is -0.396. The largest absolute Gasteiger partial charge is 0.354 e. The third-order valence-electron chi connectivity index (χ3n) is 8.16. The van der Waals surface area contributed by atoms with E-state index in [9.17, 15) is 9.59 Å². The van der Waals surface area contributed by atoms with Crippen LogP contribution in [-0.4, -0.2) is 39.4 Å². The number of aromatic nitrogens is 2. The number of carbonyl (C=O) groups is 2. The highest BCUT2D eigenvalue weighted by Crippen LogP contribution is 2.60. The Hall–Kier alpha value is -2.15. The Labute approximate surface area is 187 Å². The van der Waals surface area contributed by atoms with Crippen LogP contribution in [0.15, 0.2) is 30.0 Å². The number of nitrogens with one attached hydrogen (secondary N) is 1. The number of carbonyl (C=O) groups excluding carboxylic acids is 2. The van der Waals surface area contributed by atoms with E-state index in [1.165, 1.54) is 24.1 Å². The number of fused-ring (bicyclic) bond motifs is 1. The molecule has 5 aliphatic rings. The van der Waals surface area contributed by atoms with E-state index in [-0.39, 0.29) is 11.3 Å². The van der Waals surface area contributed by atoms with Gasteiger partial charge in [-0.2, -0.15) is 0 Å². The van der Waals surface area contributed by atoms with E-state index in [0.717, 1.165) is 49.1 Å². The Morgan fingerprint density at radius 1 is 1.16 bits per heavy atom. The number of hydrogen-bond donors (Lipinski definition) is 1. The summed E-state index contributed by atoms with van der Waals surface area (Å²) in [4.78, 5) is 34.5. The lowest BCUT2D eigenvalue weighted by molar-refractivity contribution is -0.160. The molecule has 4 saturated carbocycles. The molecule has 4 bridgehead atoms. The SMILES string of the molecule is O=C(NCCc1cccs1)[C@H]1CN(C(=O)C23CC4CC(CC(C4)C2)C3)Cc2cncn21. The molecule has 0 aromatic carbocycles. The van der Waals surface area contributed by atoms with Crippen molar-refractivity contribution in [3.63, 3.8) is 0 Å². The molecule has 7 rings (SSSR count). The van der Waals surface area contributed by atoms with E-state index >= 15 is 0 Å². The molecule has 31 heavy (non-hydrogen) atoms. The zero-order chi connectivity index (χ0) is 21.0. The molecule has 7 heteroatoms. The van der Waals surface area contributed by atoms with Gasteiger partial charge in [0, 0.05) is 17.6 Å². The summed E-state index contributed by atoms with van der Waals surface area (Å²) >= 11 is 1.71. The first-order valence-electron chi connectivity index (χ1n) is 11.7. The Balaban J connectivity index is 1.18. The summed E-state index contributed by atoms with van der Waals surface area (Å²) in [6.45, 7) is 1.64. The first kappa shape index (κ1) is 19.5. The van der Waals surface area contributed by atoms with Crippen molar-refractivity contribution in [1.82, 2.24) is 19.8 Å². The monoisotopic (exact) mass is 438 g/mol. The molecule has 1 aliphatic heterocycles. The van der Waals surface area contributed by atoms with Gasteiger partial charge in [0.25, 0.3) is 0 Å². The molecule has 1 N–H and O–H groups in total. The quantitative estimate of drug-likeness (QED) is 0.778. The fourth-order valence-corrected chi connectivity index (χ4v) is 7.95. The third kappa shape index (κ3) is 3.41. The fourth-order valence-electron chi connectivity index (χ4n) is 7.25. The predicted molar refractivity (Wildman–Crippen MR) is 118 cm³/mol. The fraction of sp³-hybridized carbons (Fsp3) is 0.625. The van der Waals surface area contributed by atoms with Gasteiger partial charge in [-0.15, -0.1) is 11.3 Å². The van der Waals surface area contributed by atoms with Crippen LogP contribution in [0.4, 0.5) is 0 Å². The van der Waals surface area contributed by atoms with Gasteiger partial charge in [-0.05, 0) is 74.1 Å². The Kier molecular flexibility index (Phi) is 4.70.